The van der Waals surface area contributed by atoms with Gasteiger partial charge in [-0.25, -0.2) is 0 Å². The van der Waals surface area contributed by atoms with Crippen molar-refractivity contribution in [1.29, 1.82) is 0 Å². The van der Waals surface area contributed by atoms with E-state index in [1.54, 1.807) is 6.92 Å². The summed E-state index contributed by atoms with van der Waals surface area (Å²) in [5, 5.41) is 7.72. The Kier molecular flexibility index (Phi) is 19.6. The minimum absolute atomic E-state index is 0.0782. The summed E-state index contributed by atoms with van der Waals surface area (Å²) < 4.78 is 5.26. The summed E-state index contributed by atoms with van der Waals surface area (Å²) in [6.45, 7) is 10.2. The van der Waals surface area contributed by atoms with Gasteiger partial charge in [-0.2, -0.15) is 0 Å². The number of rotatable bonds is 14. The molecule has 0 bridgehead atoms. The predicted octanol–water partition coefficient (Wildman–Crippen LogP) is 6.76. The molecular weight excluding hydrogens is 328 g/mol. The fourth-order valence-corrected chi connectivity index (χ4v) is 2.32. The van der Waals surface area contributed by atoms with Crippen LogP contribution in [0.15, 0.2) is 0 Å². The highest BCUT2D eigenvalue weighted by molar-refractivity contribution is 5.75. The van der Waals surface area contributed by atoms with Gasteiger partial charge < -0.3 is 9.84 Å². The van der Waals surface area contributed by atoms with E-state index in [-0.39, 0.29) is 17.8 Å². The van der Waals surface area contributed by atoms with Crippen LogP contribution in [0, 0.1) is 5.41 Å². The minimum Gasteiger partial charge on any atom is -0.481 e. The van der Waals surface area contributed by atoms with Crippen LogP contribution in [0.5, 0.6) is 0 Å². The molecule has 0 aliphatic heterocycles. The lowest BCUT2D eigenvalue weighted by atomic mass is 9.97. The molecule has 26 heavy (non-hydrogen) atoms. The van der Waals surface area contributed by atoms with Crippen LogP contribution < -0.4 is 0 Å². The Hall–Kier alpha value is -1.06. The Balaban J connectivity index is 0. The van der Waals surface area contributed by atoms with Gasteiger partial charge in [0.15, 0.2) is 0 Å². The molecule has 0 heterocycles. The third kappa shape index (κ3) is 22.9. The smallest absolute Gasteiger partial charge is 0.311 e. The van der Waals surface area contributed by atoms with E-state index in [0.29, 0.717) is 6.61 Å². The highest BCUT2D eigenvalue weighted by atomic mass is 16.5. The summed E-state index contributed by atoms with van der Waals surface area (Å²) in [6.07, 6.45) is 16.2. The first-order chi connectivity index (χ1) is 12.3. The average molecular weight is 373 g/mol. The highest BCUT2D eigenvalue weighted by Crippen LogP contribution is 2.16. The topological polar surface area (TPSA) is 63.6 Å². The molecule has 0 saturated heterocycles. The van der Waals surface area contributed by atoms with Crippen molar-refractivity contribution in [2.75, 3.05) is 6.61 Å². The number of carboxylic acids is 1. The van der Waals surface area contributed by atoms with Crippen LogP contribution in [-0.4, -0.2) is 23.7 Å². The van der Waals surface area contributed by atoms with E-state index in [9.17, 15) is 9.59 Å². The largest absolute Gasteiger partial charge is 0.481 e. The van der Waals surface area contributed by atoms with Crippen molar-refractivity contribution >= 4 is 11.9 Å². The molecule has 0 unspecified atom stereocenters. The number of hydrogen-bond donors (Lipinski definition) is 1. The summed E-state index contributed by atoms with van der Waals surface area (Å²) in [5.74, 6) is -0.824. The number of carboxylic acid groups (broad SMARTS) is 1. The fourth-order valence-electron chi connectivity index (χ4n) is 2.32. The van der Waals surface area contributed by atoms with Crippen molar-refractivity contribution in [3.05, 3.63) is 0 Å². The molecule has 0 saturated carbocycles. The first kappa shape index (κ1) is 27.2. The maximum Gasteiger partial charge on any atom is 0.311 e. The second-order valence-electron chi connectivity index (χ2n) is 8.02. The molecule has 0 amide bonds. The predicted molar refractivity (Wildman–Crippen MR) is 109 cm³/mol. The highest BCUT2D eigenvalue weighted by Gasteiger charge is 2.22. The van der Waals surface area contributed by atoms with E-state index in [2.05, 4.69) is 6.92 Å². The van der Waals surface area contributed by atoms with Crippen LogP contribution in [0.1, 0.15) is 118 Å². The first-order valence-corrected chi connectivity index (χ1v) is 10.6. The molecule has 4 nitrogen and oxygen atoms in total. The zero-order valence-electron chi connectivity index (χ0n) is 18.1. The molecule has 0 spiro atoms. The number of aliphatic carboxylic acids is 1. The fraction of sp³-hybridized carbons (Fsp3) is 0.909. The molecule has 0 aliphatic carbocycles. The van der Waals surface area contributed by atoms with Gasteiger partial charge in [0.05, 0.1) is 12.0 Å². The van der Waals surface area contributed by atoms with Crippen LogP contribution >= 0.6 is 0 Å². The van der Waals surface area contributed by atoms with Gasteiger partial charge in [0.1, 0.15) is 0 Å². The van der Waals surface area contributed by atoms with E-state index in [0.717, 1.165) is 6.42 Å². The monoisotopic (exact) mass is 372 g/mol. The number of hydrogen-bond acceptors (Lipinski definition) is 3. The molecule has 1 N–H and O–H groups in total. The van der Waals surface area contributed by atoms with Gasteiger partial charge >= 0.3 is 11.9 Å². The maximum absolute atomic E-state index is 11.5. The lowest BCUT2D eigenvalue weighted by Crippen LogP contribution is -2.23. The van der Waals surface area contributed by atoms with Gasteiger partial charge in [0, 0.05) is 6.42 Å². The second kappa shape index (κ2) is 18.7. The van der Waals surface area contributed by atoms with Crippen molar-refractivity contribution in [3.63, 3.8) is 0 Å². The molecule has 0 aromatic rings. The molecule has 0 radical (unpaired) electrons. The summed E-state index contributed by atoms with van der Waals surface area (Å²) in [6, 6.07) is 0. The van der Waals surface area contributed by atoms with Crippen LogP contribution in [0.25, 0.3) is 0 Å². The number of carbonyl (C=O) groups is 2. The van der Waals surface area contributed by atoms with E-state index in [4.69, 9.17) is 9.84 Å². The van der Waals surface area contributed by atoms with Crippen LogP contribution in [0.4, 0.5) is 0 Å². The zero-order valence-corrected chi connectivity index (χ0v) is 18.1. The van der Waals surface area contributed by atoms with Crippen molar-refractivity contribution in [3.8, 4) is 0 Å². The summed E-state index contributed by atoms with van der Waals surface area (Å²) in [5.41, 5.74) is -0.364. The van der Waals surface area contributed by atoms with Crippen molar-refractivity contribution in [2.24, 2.45) is 5.41 Å². The Morgan fingerprint density at radius 2 is 1.08 bits per heavy atom. The normalized spacial score (nSPS) is 10.8. The number of carbonyl (C=O) groups excluding carboxylic acids is 1. The number of unbranched alkanes of at least 4 members (excludes halogenated alkanes) is 11. The molecule has 0 rings (SSSR count). The van der Waals surface area contributed by atoms with Crippen molar-refractivity contribution in [2.45, 2.75) is 118 Å². The summed E-state index contributed by atoms with van der Waals surface area (Å²) in [7, 11) is 0. The lowest BCUT2D eigenvalue weighted by Gasteiger charge is -2.16. The van der Waals surface area contributed by atoms with Gasteiger partial charge in [-0.1, -0.05) is 84.5 Å². The molecule has 0 atom stereocenters. The van der Waals surface area contributed by atoms with Crippen LogP contribution in [-0.2, 0) is 14.3 Å². The van der Waals surface area contributed by atoms with Gasteiger partial charge in [0.25, 0.3) is 0 Å². The Morgan fingerprint density at radius 1 is 0.731 bits per heavy atom. The summed E-state index contributed by atoms with van der Waals surface area (Å²) >= 11 is 0. The van der Waals surface area contributed by atoms with Gasteiger partial charge in [-0.3, -0.25) is 9.59 Å². The molecule has 0 aromatic heterocycles. The van der Waals surface area contributed by atoms with Crippen molar-refractivity contribution in [1.82, 2.24) is 0 Å². The Morgan fingerprint density at radius 3 is 1.38 bits per heavy atom. The van der Waals surface area contributed by atoms with Crippen LogP contribution in [0.2, 0.25) is 0 Å². The maximum atomic E-state index is 11.5. The number of ether oxygens (including phenoxy) is 1. The standard InChI is InChI=1S/C19H38O2.C3H6O2/c1-5-6-7-8-9-10-11-12-13-14-15-16-17-21-18(20)19(2,3)4;1-2-3(4)5/h5-17H2,1-4H3;2H2,1H3,(H,4,5). The molecule has 0 fully saturated rings. The molecule has 0 aliphatic rings. The second-order valence-corrected chi connectivity index (χ2v) is 8.02. The quantitative estimate of drug-likeness (QED) is 0.270. The zero-order chi connectivity index (χ0) is 20.3. The Bertz CT molecular complexity index is 332. The molecule has 156 valence electrons. The third-order valence-electron chi connectivity index (χ3n) is 4.15. The average Bonchev–Trinajstić information content (AvgIpc) is 2.58. The molecular formula is C22H44O4. The van der Waals surface area contributed by atoms with Gasteiger partial charge in [-0.15, -0.1) is 0 Å². The van der Waals surface area contributed by atoms with E-state index in [1.807, 2.05) is 20.8 Å². The third-order valence-corrected chi connectivity index (χ3v) is 4.15. The lowest BCUT2D eigenvalue weighted by molar-refractivity contribution is -0.153. The Labute approximate surface area is 162 Å². The minimum atomic E-state index is -0.745. The van der Waals surface area contributed by atoms with Crippen LogP contribution in [0.3, 0.4) is 0 Å². The molecule has 0 aromatic carbocycles. The van der Waals surface area contributed by atoms with E-state index < -0.39 is 5.97 Å². The van der Waals surface area contributed by atoms with E-state index in [1.165, 1.54) is 70.6 Å². The molecule has 4 heteroatoms. The number of esters is 1. The first-order valence-electron chi connectivity index (χ1n) is 10.6. The van der Waals surface area contributed by atoms with Crippen molar-refractivity contribution < 1.29 is 19.4 Å². The SMILES string of the molecule is CCC(=O)O.CCCCCCCCCCCCCCOC(=O)C(C)(C)C. The van der Waals surface area contributed by atoms with E-state index >= 15 is 0 Å². The van der Waals surface area contributed by atoms with Gasteiger partial charge in [0.2, 0.25) is 0 Å². The van der Waals surface area contributed by atoms with Gasteiger partial charge in [-0.05, 0) is 27.2 Å². The summed E-state index contributed by atoms with van der Waals surface area (Å²) in [4.78, 5) is 20.9.